The van der Waals surface area contributed by atoms with Gasteiger partial charge in [0, 0.05) is 43.3 Å². The molecule has 2 rings (SSSR count). The van der Waals surface area contributed by atoms with Crippen LogP contribution < -0.4 is 5.73 Å². The van der Waals surface area contributed by atoms with E-state index in [-0.39, 0.29) is 36.2 Å². The van der Waals surface area contributed by atoms with Gasteiger partial charge in [0.25, 0.3) is 0 Å². The molecule has 0 amide bonds. The van der Waals surface area contributed by atoms with Gasteiger partial charge in [-0.3, -0.25) is 4.68 Å². The van der Waals surface area contributed by atoms with Crippen LogP contribution in [0.5, 0.6) is 0 Å². The molecule has 10 heteroatoms. The Balaban J connectivity index is 0.00000392. The van der Waals surface area contributed by atoms with Crippen molar-refractivity contribution in [3.63, 3.8) is 0 Å². The molecular weight excluding hydrogens is 426 g/mol. The number of allylic oxidation sites excluding steroid dienone is 1. The second kappa shape index (κ2) is 9.84. The fourth-order valence-corrected chi connectivity index (χ4v) is 3.95. The maximum absolute atomic E-state index is 13.8. The van der Waals surface area contributed by atoms with Gasteiger partial charge in [-0.05, 0) is 37.6 Å². The second-order valence-corrected chi connectivity index (χ2v) is 8.97. The minimum absolute atomic E-state index is 0. The van der Waals surface area contributed by atoms with Gasteiger partial charge >= 0.3 is 0 Å². The van der Waals surface area contributed by atoms with Crippen molar-refractivity contribution in [2.45, 2.75) is 31.7 Å². The normalized spacial score (nSPS) is 12.4. The van der Waals surface area contributed by atoms with Crippen molar-refractivity contribution in [3.8, 4) is 0 Å². The third-order valence-corrected chi connectivity index (χ3v) is 6.50. The molecule has 1 heterocycles. The molecule has 156 valence electrons. The smallest absolute Gasteiger partial charge is 0.242 e. The Labute approximate surface area is 176 Å². The van der Waals surface area contributed by atoms with Crippen molar-refractivity contribution in [1.82, 2.24) is 14.1 Å². The van der Waals surface area contributed by atoms with E-state index in [1.807, 2.05) is 13.8 Å². The fourth-order valence-electron chi connectivity index (χ4n) is 2.71. The van der Waals surface area contributed by atoms with Crippen LogP contribution in [-0.4, -0.2) is 43.1 Å². The van der Waals surface area contributed by atoms with Crippen LogP contribution in [0.15, 0.2) is 35.0 Å². The summed E-state index contributed by atoms with van der Waals surface area (Å²) in [5.41, 5.74) is 8.64. The monoisotopic (exact) mass is 450 g/mol. The maximum atomic E-state index is 13.8. The van der Waals surface area contributed by atoms with E-state index >= 15 is 0 Å². The molecule has 0 fully saturated rings. The summed E-state index contributed by atoms with van der Waals surface area (Å²) in [6.07, 6.45) is 1.79. The molecule has 0 saturated carbocycles. The molecule has 2 N–H and O–H groups in total. The molecule has 0 aliphatic carbocycles. The van der Waals surface area contributed by atoms with E-state index in [1.54, 1.807) is 10.7 Å². The van der Waals surface area contributed by atoms with Gasteiger partial charge in [0.2, 0.25) is 10.0 Å². The van der Waals surface area contributed by atoms with Gasteiger partial charge in [-0.1, -0.05) is 17.7 Å². The van der Waals surface area contributed by atoms with Gasteiger partial charge in [-0.15, -0.1) is 12.4 Å². The van der Waals surface area contributed by atoms with Gasteiger partial charge in [-0.25, -0.2) is 17.1 Å². The van der Waals surface area contributed by atoms with Crippen molar-refractivity contribution in [2.75, 3.05) is 20.6 Å². The minimum atomic E-state index is -3.55. The summed E-state index contributed by atoms with van der Waals surface area (Å²) in [6.45, 7) is 3.87. The van der Waals surface area contributed by atoms with Crippen LogP contribution in [0, 0.1) is 13.8 Å². The van der Waals surface area contributed by atoms with E-state index in [1.165, 1.54) is 32.3 Å². The van der Waals surface area contributed by atoms with Gasteiger partial charge in [0.1, 0.15) is 5.83 Å². The van der Waals surface area contributed by atoms with Gasteiger partial charge < -0.3 is 5.73 Å². The van der Waals surface area contributed by atoms with Crippen LogP contribution in [0.25, 0.3) is 0 Å². The molecule has 0 unspecified atom stereocenters. The Morgan fingerprint density at radius 3 is 2.54 bits per heavy atom. The van der Waals surface area contributed by atoms with Crippen molar-refractivity contribution in [3.05, 3.63) is 57.6 Å². The lowest BCUT2D eigenvalue weighted by atomic mass is 10.0. The molecule has 0 saturated heterocycles. The number of benzene rings is 1. The lowest BCUT2D eigenvalue weighted by Crippen LogP contribution is -2.22. The van der Waals surface area contributed by atoms with Crippen molar-refractivity contribution >= 4 is 34.0 Å². The second-order valence-electron chi connectivity index (χ2n) is 6.41. The predicted molar refractivity (Wildman–Crippen MR) is 112 cm³/mol. The molecular formula is C18H25Cl2FN4O2S. The number of sulfonamides is 1. The average molecular weight is 451 g/mol. The highest BCUT2D eigenvalue weighted by atomic mass is 35.5. The summed E-state index contributed by atoms with van der Waals surface area (Å²) >= 11 is 6.33. The molecule has 6 nitrogen and oxygen atoms in total. The topological polar surface area (TPSA) is 81.2 Å². The first kappa shape index (κ1) is 24.6. The summed E-state index contributed by atoms with van der Waals surface area (Å²) in [5, 5.41) is 4.75. The summed E-state index contributed by atoms with van der Waals surface area (Å²) in [5.74, 6) is -0.342. The van der Waals surface area contributed by atoms with Crippen molar-refractivity contribution in [1.29, 1.82) is 0 Å². The van der Waals surface area contributed by atoms with Gasteiger partial charge in [0.15, 0.2) is 0 Å². The number of hydrogen-bond acceptors (Lipinski definition) is 4. The van der Waals surface area contributed by atoms with Gasteiger partial charge in [-0.2, -0.15) is 5.10 Å². The van der Waals surface area contributed by atoms with Gasteiger partial charge in [0.05, 0.1) is 17.1 Å². The quantitative estimate of drug-likeness (QED) is 0.701. The minimum Gasteiger partial charge on any atom is -0.327 e. The summed E-state index contributed by atoms with van der Waals surface area (Å²) in [7, 11) is -0.608. The van der Waals surface area contributed by atoms with E-state index in [0.717, 1.165) is 26.8 Å². The van der Waals surface area contributed by atoms with E-state index < -0.39 is 10.0 Å². The SMILES string of the molecule is Cc1nn(C/C(F)=C/CN)c(C)c1Cc1ccc(S(=O)(=O)N(C)C)cc1Cl.Cl. The Kier molecular flexibility index (Phi) is 8.64. The van der Waals surface area contributed by atoms with E-state index in [2.05, 4.69) is 5.10 Å². The fraction of sp³-hybridized carbons (Fsp3) is 0.389. The summed E-state index contributed by atoms with van der Waals surface area (Å²) in [6, 6.07) is 4.68. The molecule has 0 spiro atoms. The van der Waals surface area contributed by atoms with Crippen LogP contribution in [0.2, 0.25) is 5.02 Å². The number of aromatic nitrogens is 2. The highest BCUT2D eigenvalue weighted by molar-refractivity contribution is 7.89. The maximum Gasteiger partial charge on any atom is 0.242 e. The largest absolute Gasteiger partial charge is 0.327 e. The Hall–Kier alpha value is -1.45. The Bertz CT molecular complexity index is 972. The lowest BCUT2D eigenvalue weighted by Gasteiger charge is -2.13. The average Bonchev–Trinajstić information content (AvgIpc) is 2.83. The number of nitrogens with zero attached hydrogens (tertiary/aromatic N) is 3. The van der Waals surface area contributed by atoms with E-state index in [4.69, 9.17) is 17.3 Å². The number of hydrogen-bond donors (Lipinski definition) is 1. The standard InChI is InChI=1S/C18H24ClFN4O2S.ClH/c1-12-17(13(2)24(22-12)11-15(20)7-8-21)9-14-5-6-16(10-18(14)19)27(25,26)23(3)4;/h5-7,10H,8-9,11,21H2,1-4H3;1H/b15-7-;. The molecule has 1 aromatic carbocycles. The van der Waals surface area contributed by atoms with Crippen LogP contribution in [0.1, 0.15) is 22.5 Å². The number of halogens is 3. The predicted octanol–water partition coefficient (Wildman–Crippen LogP) is 3.23. The molecule has 0 radical (unpaired) electrons. The molecule has 0 aliphatic heterocycles. The van der Waals surface area contributed by atoms with Crippen LogP contribution in [-0.2, 0) is 23.0 Å². The highest BCUT2D eigenvalue weighted by Crippen LogP contribution is 2.27. The van der Waals surface area contributed by atoms with Crippen LogP contribution in [0.4, 0.5) is 4.39 Å². The molecule has 0 bridgehead atoms. The summed E-state index contributed by atoms with van der Waals surface area (Å²) in [4.78, 5) is 0.138. The van der Waals surface area contributed by atoms with Crippen molar-refractivity contribution < 1.29 is 12.8 Å². The lowest BCUT2D eigenvalue weighted by molar-refractivity contribution is 0.517. The zero-order valence-corrected chi connectivity index (χ0v) is 18.6. The number of rotatable bonds is 7. The first-order valence-corrected chi connectivity index (χ1v) is 10.2. The Morgan fingerprint density at radius 2 is 2.00 bits per heavy atom. The molecule has 28 heavy (non-hydrogen) atoms. The molecule has 2 aromatic rings. The first-order valence-electron chi connectivity index (χ1n) is 8.36. The number of nitrogens with two attached hydrogens (primary N) is 1. The first-order chi connectivity index (χ1) is 12.6. The van der Waals surface area contributed by atoms with Crippen LogP contribution in [0.3, 0.4) is 0 Å². The highest BCUT2D eigenvalue weighted by Gasteiger charge is 2.19. The molecule has 0 atom stereocenters. The third-order valence-electron chi connectivity index (χ3n) is 4.34. The third kappa shape index (κ3) is 5.33. The van der Waals surface area contributed by atoms with E-state index in [0.29, 0.717) is 11.4 Å². The zero-order chi connectivity index (χ0) is 20.4. The Morgan fingerprint density at radius 1 is 1.36 bits per heavy atom. The molecule has 1 aromatic heterocycles. The zero-order valence-electron chi connectivity index (χ0n) is 16.2. The summed E-state index contributed by atoms with van der Waals surface area (Å²) < 4.78 is 40.9. The molecule has 0 aliphatic rings. The number of aryl methyl sites for hydroxylation is 1. The van der Waals surface area contributed by atoms with Crippen LogP contribution >= 0.6 is 24.0 Å². The van der Waals surface area contributed by atoms with E-state index in [9.17, 15) is 12.8 Å². The van der Waals surface area contributed by atoms with Crippen molar-refractivity contribution in [2.24, 2.45) is 5.73 Å².